The van der Waals surface area contributed by atoms with Crippen LogP contribution in [0.2, 0.25) is 0 Å². The maximum Gasteiger partial charge on any atom is 0.303 e. The summed E-state index contributed by atoms with van der Waals surface area (Å²) in [5, 5.41) is 24.8. The Kier molecular flexibility index (Phi) is 9.17. The SMILES string of the molecule is CC(C)(CO)CO.CCCC(=O)O. The summed E-state index contributed by atoms with van der Waals surface area (Å²) in [6.45, 7) is 5.53. The molecule has 0 aromatic carbocycles. The van der Waals surface area contributed by atoms with Gasteiger partial charge in [-0.05, 0) is 6.42 Å². The summed E-state index contributed by atoms with van der Waals surface area (Å²) in [5.74, 6) is -0.711. The van der Waals surface area contributed by atoms with E-state index in [0.29, 0.717) is 6.42 Å². The van der Waals surface area contributed by atoms with Crippen LogP contribution in [0.15, 0.2) is 0 Å². The number of carbonyl (C=O) groups is 1. The number of hydrogen-bond donors (Lipinski definition) is 3. The highest BCUT2D eigenvalue weighted by molar-refractivity contribution is 5.66. The molecular weight excluding hydrogens is 172 g/mol. The van der Waals surface area contributed by atoms with Crippen LogP contribution in [0.5, 0.6) is 0 Å². The average molecular weight is 192 g/mol. The van der Waals surface area contributed by atoms with Gasteiger partial charge in [-0.3, -0.25) is 4.79 Å². The molecule has 3 N–H and O–H groups in total. The Hall–Kier alpha value is -0.610. The second-order valence-electron chi connectivity index (χ2n) is 3.62. The summed E-state index contributed by atoms with van der Waals surface area (Å²) in [4.78, 5) is 9.60. The van der Waals surface area contributed by atoms with E-state index in [9.17, 15) is 4.79 Å². The zero-order valence-corrected chi connectivity index (χ0v) is 8.58. The second-order valence-corrected chi connectivity index (χ2v) is 3.62. The molecule has 0 fully saturated rings. The van der Waals surface area contributed by atoms with Crippen molar-refractivity contribution < 1.29 is 20.1 Å². The fraction of sp³-hybridized carbons (Fsp3) is 0.889. The first kappa shape index (κ1) is 14.9. The number of aliphatic hydroxyl groups is 2. The van der Waals surface area contributed by atoms with Crippen molar-refractivity contribution >= 4 is 5.97 Å². The van der Waals surface area contributed by atoms with Crippen molar-refractivity contribution in [3.63, 3.8) is 0 Å². The van der Waals surface area contributed by atoms with Gasteiger partial charge in [-0.2, -0.15) is 0 Å². The molecule has 0 atom stereocenters. The molecule has 4 nitrogen and oxygen atoms in total. The minimum absolute atomic E-state index is 0.0451. The quantitative estimate of drug-likeness (QED) is 0.617. The first-order chi connectivity index (χ1) is 5.89. The van der Waals surface area contributed by atoms with E-state index in [0.717, 1.165) is 6.42 Å². The molecule has 0 amide bonds. The van der Waals surface area contributed by atoms with Gasteiger partial charge in [-0.25, -0.2) is 0 Å². The second kappa shape index (κ2) is 8.01. The number of rotatable bonds is 4. The fourth-order valence-corrected chi connectivity index (χ4v) is 0.264. The fourth-order valence-electron chi connectivity index (χ4n) is 0.264. The standard InChI is InChI=1S/C5H12O2.C4H8O2/c1-5(2,3-6)4-7;1-2-3-4(5)6/h6-7H,3-4H2,1-2H3;2-3H2,1H3,(H,5,6). The molecule has 0 aliphatic carbocycles. The third kappa shape index (κ3) is 14.3. The molecular formula is C9H20O4. The molecule has 0 saturated carbocycles. The van der Waals surface area contributed by atoms with Crippen molar-refractivity contribution in [1.82, 2.24) is 0 Å². The molecule has 0 rings (SSSR count). The maximum absolute atomic E-state index is 9.60. The number of carboxylic acids is 1. The minimum Gasteiger partial charge on any atom is -0.481 e. The third-order valence-electron chi connectivity index (χ3n) is 1.32. The van der Waals surface area contributed by atoms with Crippen molar-refractivity contribution in [3.05, 3.63) is 0 Å². The lowest BCUT2D eigenvalue weighted by Crippen LogP contribution is -2.20. The van der Waals surface area contributed by atoms with Gasteiger partial charge in [0, 0.05) is 11.8 Å². The van der Waals surface area contributed by atoms with E-state index < -0.39 is 5.97 Å². The average Bonchev–Trinajstić information content (AvgIpc) is 2.05. The van der Waals surface area contributed by atoms with Crippen LogP contribution in [-0.2, 0) is 4.79 Å². The summed E-state index contributed by atoms with van der Waals surface area (Å²) in [6.07, 6.45) is 1.02. The van der Waals surface area contributed by atoms with E-state index in [1.165, 1.54) is 0 Å². The Morgan fingerprint density at radius 2 is 1.62 bits per heavy atom. The molecule has 4 heteroatoms. The van der Waals surface area contributed by atoms with E-state index >= 15 is 0 Å². The highest BCUT2D eigenvalue weighted by Gasteiger charge is 2.13. The molecule has 0 aliphatic heterocycles. The molecule has 80 valence electrons. The molecule has 0 spiro atoms. The molecule has 0 unspecified atom stereocenters. The summed E-state index contributed by atoms with van der Waals surface area (Å²) < 4.78 is 0. The Morgan fingerprint density at radius 1 is 1.23 bits per heavy atom. The van der Waals surface area contributed by atoms with Crippen LogP contribution in [0.25, 0.3) is 0 Å². The molecule has 0 bridgehead atoms. The molecule has 0 aromatic rings. The largest absolute Gasteiger partial charge is 0.481 e. The van der Waals surface area contributed by atoms with Gasteiger partial charge in [-0.15, -0.1) is 0 Å². The Balaban J connectivity index is 0. The van der Waals surface area contributed by atoms with Crippen LogP contribution in [0.3, 0.4) is 0 Å². The van der Waals surface area contributed by atoms with Gasteiger partial charge >= 0.3 is 5.97 Å². The summed E-state index contributed by atoms with van der Waals surface area (Å²) in [6, 6.07) is 0. The topological polar surface area (TPSA) is 77.8 Å². The van der Waals surface area contributed by atoms with Gasteiger partial charge in [0.05, 0.1) is 13.2 Å². The van der Waals surface area contributed by atoms with E-state index in [2.05, 4.69) is 0 Å². The lowest BCUT2D eigenvalue weighted by atomic mass is 9.97. The van der Waals surface area contributed by atoms with Gasteiger partial charge in [-0.1, -0.05) is 20.8 Å². The Bertz CT molecular complexity index is 126. The predicted molar refractivity (Wildman–Crippen MR) is 50.5 cm³/mol. The number of aliphatic hydroxyl groups excluding tert-OH is 2. The number of carboxylic acid groups (broad SMARTS) is 1. The van der Waals surface area contributed by atoms with Crippen molar-refractivity contribution in [2.75, 3.05) is 13.2 Å². The zero-order valence-electron chi connectivity index (χ0n) is 8.58. The highest BCUT2D eigenvalue weighted by Crippen LogP contribution is 2.10. The van der Waals surface area contributed by atoms with Gasteiger partial charge < -0.3 is 15.3 Å². The van der Waals surface area contributed by atoms with E-state index in [1.807, 2.05) is 6.92 Å². The minimum atomic E-state index is -0.711. The molecule has 0 heterocycles. The van der Waals surface area contributed by atoms with Gasteiger partial charge in [0.1, 0.15) is 0 Å². The lowest BCUT2D eigenvalue weighted by Gasteiger charge is -2.16. The van der Waals surface area contributed by atoms with E-state index in [-0.39, 0.29) is 18.6 Å². The smallest absolute Gasteiger partial charge is 0.303 e. The molecule has 0 radical (unpaired) electrons. The highest BCUT2D eigenvalue weighted by atomic mass is 16.4. The molecule has 0 aromatic heterocycles. The van der Waals surface area contributed by atoms with E-state index in [4.69, 9.17) is 15.3 Å². The van der Waals surface area contributed by atoms with Crippen molar-refractivity contribution in [2.45, 2.75) is 33.6 Å². The maximum atomic E-state index is 9.60. The normalized spacial score (nSPS) is 10.2. The summed E-state index contributed by atoms with van der Waals surface area (Å²) >= 11 is 0. The first-order valence-electron chi connectivity index (χ1n) is 4.33. The van der Waals surface area contributed by atoms with Crippen LogP contribution in [0.4, 0.5) is 0 Å². The molecule has 13 heavy (non-hydrogen) atoms. The Labute approximate surface area is 79.2 Å². The monoisotopic (exact) mass is 192 g/mol. The lowest BCUT2D eigenvalue weighted by molar-refractivity contribution is -0.137. The molecule has 0 saturated heterocycles. The van der Waals surface area contributed by atoms with Crippen LogP contribution in [0, 0.1) is 5.41 Å². The predicted octanol–water partition coefficient (Wildman–Crippen LogP) is 0.868. The van der Waals surface area contributed by atoms with Crippen molar-refractivity contribution in [3.8, 4) is 0 Å². The number of hydrogen-bond acceptors (Lipinski definition) is 3. The van der Waals surface area contributed by atoms with E-state index in [1.54, 1.807) is 13.8 Å². The molecule has 0 aliphatic rings. The third-order valence-corrected chi connectivity index (χ3v) is 1.32. The summed E-state index contributed by atoms with van der Waals surface area (Å²) in [5.41, 5.74) is -0.306. The van der Waals surface area contributed by atoms with Crippen LogP contribution in [-0.4, -0.2) is 34.5 Å². The first-order valence-corrected chi connectivity index (χ1v) is 4.33. The van der Waals surface area contributed by atoms with Crippen LogP contribution in [0.1, 0.15) is 33.6 Å². The van der Waals surface area contributed by atoms with Crippen LogP contribution >= 0.6 is 0 Å². The Morgan fingerprint density at radius 3 is 1.62 bits per heavy atom. The number of aliphatic carboxylic acids is 1. The van der Waals surface area contributed by atoms with Crippen molar-refractivity contribution in [2.24, 2.45) is 5.41 Å². The van der Waals surface area contributed by atoms with Crippen LogP contribution < -0.4 is 0 Å². The van der Waals surface area contributed by atoms with Gasteiger partial charge in [0.15, 0.2) is 0 Å². The van der Waals surface area contributed by atoms with Gasteiger partial charge in [0.2, 0.25) is 0 Å². The zero-order chi connectivity index (χ0) is 10.9. The van der Waals surface area contributed by atoms with Crippen molar-refractivity contribution in [1.29, 1.82) is 0 Å². The summed E-state index contributed by atoms with van der Waals surface area (Å²) in [7, 11) is 0. The van der Waals surface area contributed by atoms with Gasteiger partial charge in [0.25, 0.3) is 0 Å².